The van der Waals surface area contributed by atoms with Crippen LogP contribution in [0.1, 0.15) is 49.9 Å². The van der Waals surface area contributed by atoms with E-state index in [1.165, 1.54) is 0 Å². The van der Waals surface area contributed by atoms with Gasteiger partial charge in [-0.25, -0.2) is 4.98 Å². The molecule has 2 heterocycles. The molecule has 3 aromatic rings. The van der Waals surface area contributed by atoms with E-state index < -0.39 is 17.5 Å². The smallest absolute Gasteiger partial charge is 0.317 e. The number of halogens is 2. The first kappa shape index (κ1) is 25.1. The zero-order valence-electron chi connectivity index (χ0n) is 20.6. The van der Waals surface area contributed by atoms with E-state index in [1.807, 2.05) is 35.9 Å². The van der Waals surface area contributed by atoms with Crippen LogP contribution in [0.5, 0.6) is 5.75 Å². The summed E-state index contributed by atoms with van der Waals surface area (Å²) in [5.41, 5.74) is 1.91. The third kappa shape index (κ3) is 4.73. The van der Waals surface area contributed by atoms with Crippen LogP contribution in [0.4, 0.5) is 0 Å². The molecule has 5 rings (SSSR count). The van der Waals surface area contributed by atoms with E-state index in [0.717, 1.165) is 42.3 Å². The standard InChI is InChI=1S/C28H30Cl2N2O4/c1-32-23-9-8-19(29)14-22(23)31-26(32)15-20-24(33)16-28(36-27(20)34,18-5-3-4-6-18)12-11-17-7-10-25(35-2)21(30)13-17/h7-10,13-14,18,20H,3-6,11-12,15-16H2,1-2H3. The van der Waals surface area contributed by atoms with Gasteiger partial charge in [0.15, 0.2) is 5.78 Å². The molecule has 8 heteroatoms. The fourth-order valence-electron chi connectivity index (χ4n) is 5.89. The molecule has 1 aromatic heterocycles. The van der Waals surface area contributed by atoms with Gasteiger partial charge in [0.25, 0.3) is 0 Å². The molecule has 0 bridgehead atoms. The Bertz CT molecular complexity index is 1290. The Morgan fingerprint density at radius 3 is 2.61 bits per heavy atom. The monoisotopic (exact) mass is 528 g/mol. The van der Waals surface area contributed by atoms with Gasteiger partial charge in [0.1, 0.15) is 23.1 Å². The first-order valence-electron chi connectivity index (χ1n) is 12.5. The average molecular weight is 529 g/mol. The number of carbonyl (C=O) groups is 2. The normalized spacial score (nSPS) is 22.8. The minimum Gasteiger partial charge on any atom is -0.495 e. The summed E-state index contributed by atoms with van der Waals surface area (Å²) in [5, 5.41) is 1.14. The van der Waals surface area contributed by atoms with Crippen molar-refractivity contribution in [2.24, 2.45) is 18.9 Å². The third-order valence-electron chi connectivity index (χ3n) is 7.92. The highest BCUT2D eigenvalue weighted by Crippen LogP contribution is 2.45. The topological polar surface area (TPSA) is 70.4 Å². The highest BCUT2D eigenvalue weighted by molar-refractivity contribution is 6.32. The molecule has 1 saturated heterocycles. The number of cyclic esters (lactones) is 1. The van der Waals surface area contributed by atoms with E-state index in [4.69, 9.17) is 32.7 Å². The Morgan fingerprint density at radius 2 is 1.92 bits per heavy atom. The number of methoxy groups -OCH3 is 1. The summed E-state index contributed by atoms with van der Waals surface area (Å²) in [4.78, 5) is 31.5. The quantitative estimate of drug-likeness (QED) is 0.272. The lowest BCUT2D eigenvalue weighted by molar-refractivity contribution is -0.185. The number of imidazole rings is 1. The molecule has 6 nitrogen and oxygen atoms in total. The van der Waals surface area contributed by atoms with Gasteiger partial charge < -0.3 is 14.0 Å². The Balaban J connectivity index is 1.36. The van der Waals surface area contributed by atoms with Crippen molar-refractivity contribution in [2.75, 3.05) is 7.11 Å². The third-order valence-corrected chi connectivity index (χ3v) is 8.46. The second-order valence-electron chi connectivity index (χ2n) is 10.1. The molecule has 2 aromatic carbocycles. The number of rotatable bonds is 7. The molecular formula is C28H30Cl2N2O4. The van der Waals surface area contributed by atoms with E-state index in [-0.39, 0.29) is 24.5 Å². The predicted molar refractivity (Wildman–Crippen MR) is 140 cm³/mol. The van der Waals surface area contributed by atoms with Crippen molar-refractivity contribution in [1.82, 2.24) is 9.55 Å². The summed E-state index contributed by atoms with van der Waals surface area (Å²) >= 11 is 12.4. The van der Waals surface area contributed by atoms with Crippen molar-refractivity contribution < 1.29 is 19.1 Å². The van der Waals surface area contributed by atoms with Crippen molar-refractivity contribution in [1.29, 1.82) is 0 Å². The minimum atomic E-state index is -0.846. The van der Waals surface area contributed by atoms with Gasteiger partial charge in [-0.05, 0) is 67.5 Å². The lowest BCUT2D eigenvalue weighted by atomic mass is 9.73. The van der Waals surface area contributed by atoms with Crippen LogP contribution in [0.15, 0.2) is 36.4 Å². The number of aromatic nitrogens is 2. The van der Waals surface area contributed by atoms with Gasteiger partial charge >= 0.3 is 5.97 Å². The van der Waals surface area contributed by atoms with Crippen molar-refractivity contribution in [2.45, 2.75) is 57.0 Å². The molecule has 1 aliphatic heterocycles. The fourth-order valence-corrected chi connectivity index (χ4v) is 6.33. The molecule has 0 amide bonds. The van der Waals surface area contributed by atoms with Gasteiger partial charge in [0.2, 0.25) is 0 Å². The summed E-state index contributed by atoms with van der Waals surface area (Å²) < 4.78 is 13.4. The van der Waals surface area contributed by atoms with Crippen LogP contribution in [-0.2, 0) is 34.2 Å². The number of fused-ring (bicyclic) bond motifs is 1. The fraction of sp³-hybridized carbons (Fsp3) is 0.464. The number of nitrogens with zero attached hydrogens (tertiary/aromatic N) is 2. The van der Waals surface area contributed by atoms with Crippen LogP contribution in [-0.4, -0.2) is 34.0 Å². The number of hydrogen-bond acceptors (Lipinski definition) is 5. The van der Waals surface area contributed by atoms with E-state index in [0.29, 0.717) is 34.5 Å². The van der Waals surface area contributed by atoms with Crippen molar-refractivity contribution in [3.63, 3.8) is 0 Å². The summed E-state index contributed by atoms with van der Waals surface area (Å²) in [6, 6.07) is 11.2. The van der Waals surface area contributed by atoms with E-state index in [2.05, 4.69) is 4.98 Å². The number of ether oxygens (including phenoxy) is 2. The predicted octanol–water partition coefficient (Wildman–Crippen LogP) is 6.13. The SMILES string of the molecule is COc1ccc(CCC2(C3CCCC3)CC(=O)C(Cc3nc4cc(Cl)ccc4n3C)C(=O)O2)cc1Cl. The Hall–Kier alpha value is -2.57. The van der Waals surface area contributed by atoms with Crippen LogP contribution in [0.25, 0.3) is 11.0 Å². The van der Waals surface area contributed by atoms with E-state index in [1.54, 1.807) is 19.2 Å². The maximum Gasteiger partial charge on any atom is 0.317 e. The van der Waals surface area contributed by atoms with Crippen LogP contribution >= 0.6 is 23.2 Å². The number of ketones is 1. The summed E-state index contributed by atoms with van der Waals surface area (Å²) in [5.74, 6) is 0.145. The summed E-state index contributed by atoms with van der Waals surface area (Å²) in [6.45, 7) is 0. The van der Waals surface area contributed by atoms with Crippen LogP contribution in [0.3, 0.4) is 0 Å². The second kappa shape index (κ2) is 10.1. The Labute approximate surface area is 220 Å². The Kier molecular flexibility index (Phi) is 7.01. The number of benzene rings is 2. The molecule has 2 atom stereocenters. The molecule has 0 radical (unpaired) electrons. The largest absolute Gasteiger partial charge is 0.495 e. The van der Waals surface area contributed by atoms with Crippen molar-refractivity contribution >= 4 is 46.0 Å². The van der Waals surface area contributed by atoms with Crippen molar-refractivity contribution in [3.05, 3.63) is 57.8 Å². The first-order chi connectivity index (χ1) is 17.3. The molecule has 1 saturated carbocycles. The highest BCUT2D eigenvalue weighted by atomic mass is 35.5. The molecule has 2 aliphatic rings. The van der Waals surface area contributed by atoms with Gasteiger partial charge in [0.05, 0.1) is 23.2 Å². The number of esters is 1. The maximum absolute atomic E-state index is 13.5. The van der Waals surface area contributed by atoms with E-state index >= 15 is 0 Å². The maximum atomic E-state index is 13.5. The number of Topliss-reactive ketones (excluding diaryl/α,β-unsaturated/α-hetero) is 1. The van der Waals surface area contributed by atoms with Gasteiger partial charge in [-0.3, -0.25) is 9.59 Å². The van der Waals surface area contributed by atoms with Gasteiger partial charge in [-0.15, -0.1) is 0 Å². The number of carbonyl (C=O) groups excluding carboxylic acids is 2. The molecule has 0 N–H and O–H groups in total. The van der Waals surface area contributed by atoms with E-state index in [9.17, 15) is 9.59 Å². The zero-order chi connectivity index (χ0) is 25.4. The zero-order valence-corrected chi connectivity index (χ0v) is 22.1. The van der Waals surface area contributed by atoms with Gasteiger partial charge in [-0.2, -0.15) is 0 Å². The molecule has 2 unspecified atom stereocenters. The summed E-state index contributed by atoms with van der Waals surface area (Å²) in [6.07, 6.45) is 5.85. The molecule has 1 aliphatic carbocycles. The highest BCUT2D eigenvalue weighted by Gasteiger charge is 2.51. The van der Waals surface area contributed by atoms with Crippen LogP contribution in [0.2, 0.25) is 10.0 Å². The molecule has 36 heavy (non-hydrogen) atoms. The van der Waals surface area contributed by atoms with Crippen LogP contribution < -0.4 is 4.74 Å². The lowest BCUT2D eigenvalue weighted by Gasteiger charge is -2.43. The first-order valence-corrected chi connectivity index (χ1v) is 13.2. The summed E-state index contributed by atoms with van der Waals surface area (Å²) in [7, 11) is 3.47. The molecular weight excluding hydrogens is 499 g/mol. The van der Waals surface area contributed by atoms with Crippen molar-refractivity contribution in [3.8, 4) is 5.75 Å². The van der Waals surface area contributed by atoms with Gasteiger partial charge in [0, 0.05) is 24.9 Å². The van der Waals surface area contributed by atoms with Crippen LogP contribution in [0, 0.1) is 11.8 Å². The van der Waals surface area contributed by atoms with Gasteiger partial charge in [-0.1, -0.05) is 42.1 Å². The minimum absolute atomic E-state index is 0.0593. The average Bonchev–Trinajstić information content (AvgIpc) is 3.49. The lowest BCUT2D eigenvalue weighted by Crippen LogP contribution is -2.52. The molecule has 0 spiro atoms. The molecule has 2 fully saturated rings. The number of hydrogen-bond donors (Lipinski definition) is 0. The Morgan fingerprint density at radius 1 is 1.14 bits per heavy atom. The molecule has 190 valence electrons. The number of aryl methyl sites for hydroxylation is 2. The second-order valence-corrected chi connectivity index (χ2v) is 10.9.